The zero-order chi connectivity index (χ0) is 14.6. The van der Waals surface area contributed by atoms with Crippen LogP contribution in [0, 0.1) is 0 Å². The molecule has 0 saturated carbocycles. The van der Waals surface area contributed by atoms with Gasteiger partial charge >= 0.3 is 5.97 Å². The van der Waals surface area contributed by atoms with Crippen LogP contribution in [0.3, 0.4) is 0 Å². The molecular weight excluding hydrogens is 252 g/mol. The lowest BCUT2D eigenvalue weighted by molar-refractivity contribution is -0.148. The largest absolute Gasteiger partial charge is 0.465 e. The minimum absolute atomic E-state index is 0.332. The maximum Gasteiger partial charge on any atom is 0.327 e. The van der Waals surface area contributed by atoms with Crippen molar-refractivity contribution in [3.8, 4) is 0 Å². The van der Waals surface area contributed by atoms with Crippen LogP contribution in [0.5, 0.6) is 0 Å². The van der Waals surface area contributed by atoms with Crippen LogP contribution in [0.25, 0.3) is 0 Å². The van der Waals surface area contributed by atoms with Gasteiger partial charge in [-0.2, -0.15) is 0 Å². The van der Waals surface area contributed by atoms with E-state index < -0.39 is 5.54 Å². The van der Waals surface area contributed by atoms with Gasteiger partial charge in [0.1, 0.15) is 5.54 Å². The maximum atomic E-state index is 12.0. The van der Waals surface area contributed by atoms with Gasteiger partial charge in [-0.3, -0.25) is 0 Å². The predicted octanol–water partition coefficient (Wildman–Crippen LogP) is 2.11. The molecule has 0 aromatic heterocycles. The van der Waals surface area contributed by atoms with E-state index in [2.05, 4.69) is 23.1 Å². The van der Waals surface area contributed by atoms with Crippen LogP contribution in [0.1, 0.15) is 32.3 Å². The Hall–Kier alpha value is -1.55. The van der Waals surface area contributed by atoms with Crippen LogP contribution in [0.15, 0.2) is 24.3 Å². The molecule has 1 heterocycles. The first kappa shape index (κ1) is 14.9. The molecular formula is C16H24N2O2. The molecule has 1 atom stereocenters. The molecule has 1 aliphatic heterocycles. The molecule has 0 radical (unpaired) electrons. The van der Waals surface area contributed by atoms with Crippen LogP contribution in [-0.4, -0.2) is 31.2 Å². The van der Waals surface area contributed by atoms with Gasteiger partial charge in [-0.15, -0.1) is 0 Å². The first-order valence-electron chi connectivity index (χ1n) is 7.33. The summed E-state index contributed by atoms with van der Waals surface area (Å²) in [7, 11) is 0. The molecule has 1 unspecified atom stereocenters. The van der Waals surface area contributed by atoms with Crippen molar-refractivity contribution >= 4 is 11.7 Å². The molecule has 0 fully saturated rings. The van der Waals surface area contributed by atoms with Crippen molar-refractivity contribution in [2.75, 3.05) is 24.6 Å². The van der Waals surface area contributed by atoms with Crippen molar-refractivity contribution < 1.29 is 9.53 Å². The van der Waals surface area contributed by atoms with Crippen molar-refractivity contribution in [3.63, 3.8) is 0 Å². The van der Waals surface area contributed by atoms with Crippen LogP contribution in [0.4, 0.5) is 5.69 Å². The highest BCUT2D eigenvalue weighted by Gasteiger charge is 2.33. The van der Waals surface area contributed by atoms with E-state index in [1.54, 1.807) is 13.8 Å². The number of nitrogens with zero attached hydrogens (tertiary/aromatic N) is 1. The Labute approximate surface area is 120 Å². The summed E-state index contributed by atoms with van der Waals surface area (Å²) in [4.78, 5) is 14.2. The summed E-state index contributed by atoms with van der Waals surface area (Å²) in [6, 6.07) is 8.37. The molecule has 1 aliphatic rings. The summed E-state index contributed by atoms with van der Waals surface area (Å²) in [5.74, 6) is -0.332. The lowest BCUT2D eigenvalue weighted by Crippen LogP contribution is -2.55. The number of nitrogens with two attached hydrogens (primary N) is 1. The van der Waals surface area contributed by atoms with Crippen LogP contribution < -0.4 is 10.6 Å². The summed E-state index contributed by atoms with van der Waals surface area (Å²) in [5, 5.41) is 0. The molecule has 0 amide bonds. The molecule has 4 nitrogen and oxygen atoms in total. The third-order valence-corrected chi connectivity index (χ3v) is 3.72. The lowest BCUT2D eigenvalue weighted by atomic mass is 10.0. The zero-order valence-electron chi connectivity index (χ0n) is 12.4. The Morgan fingerprint density at radius 1 is 1.40 bits per heavy atom. The Kier molecular flexibility index (Phi) is 4.65. The second-order valence-electron chi connectivity index (χ2n) is 5.65. The number of hydrogen-bond donors (Lipinski definition) is 1. The van der Waals surface area contributed by atoms with E-state index in [1.165, 1.54) is 17.7 Å². The highest BCUT2D eigenvalue weighted by molar-refractivity contribution is 5.81. The molecule has 0 spiro atoms. The summed E-state index contributed by atoms with van der Waals surface area (Å²) < 4.78 is 5.08. The van der Waals surface area contributed by atoms with E-state index in [9.17, 15) is 4.79 Å². The quantitative estimate of drug-likeness (QED) is 0.856. The molecule has 0 saturated heterocycles. The molecule has 20 heavy (non-hydrogen) atoms. The third kappa shape index (κ3) is 3.31. The maximum absolute atomic E-state index is 12.0. The Morgan fingerprint density at radius 2 is 2.15 bits per heavy atom. The van der Waals surface area contributed by atoms with E-state index >= 15 is 0 Å². The zero-order valence-corrected chi connectivity index (χ0v) is 12.4. The molecule has 2 N–H and O–H groups in total. The predicted molar refractivity (Wildman–Crippen MR) is 80.8 cm³/mol. The molecule has 110 valence electrons. The van der Waals surface area contributed by atoms with Crippen molar-refractivity contribution in [3.05, 3.63) is 29.8 Å². The normalized spacial score (nSPS) is 17.9. The fourth-order valence-electron chi connectivity index (χ4n) is 2.69. The number of carbonyl (C=O) groups excluding carboxylic acids is 1. The number of esters is 1. The van der Waals surface area contributed by atoms with Crippen LogP contribution >= 0.6 is 0 Å². The van der Waals surface area contributed by atoms with Crippen molar-refractivity contribution in [1.82, 2.24) is 0 Å². The number of benzene rings is 1. The van der Waals surface area contributed by atoms with E-state index in [-0.39, 0.29) is 5.97 Å². The second kappa shape index (κ2) is 6.27. The van der Waals surface area contributed by atoms with Gasteiger partial charge in [0.15, 0.2) is 0 Å². The standard InChI is InChI=1S/C16H24N2O2/c1-3-20-15(19)16(2,17)12-18-11-7-6-9-13-8-4-5-10-14(13)18/h4-5,8,10H,3,6-7,9,11-12,17H2,1-2H3. The van der Waals surface area contributed by atoms with Gasteiger partial charge < -0.3 is 15.4 Å². The smallest absolute Gasteiger partial charge is 0.327 e. The van der Waals surface area contributed by atoms with E-state index in [0.717, 1.165) is 19.4 Å². The Morgan fingerprint density at radius 3 is 2.90 bits per heavy atom. The van der Waals surface area contributed by atoms with E-state index in [0.29, 0.717) is 13.2 Å². The monoisotopic (exact) mass is 276 g/mol. The average molecular weight is 276 g/mol. The highest BCUT2D eigenvalue weighted by atomic mass is 16.5. The van der Waals surface area contributed by atoms with Gasteiger partial charge in [0.05, 0.1) is 6.61 Å². The molecule has 4 heteroatoms. The second-order valence-corrected chi connectivity index (χ2v) is 5.65. The average Bonchev–Trinajstić information content (AvgIpc) is 2.62. The first-order chi connectivity index (χ1) is 9.54. The summed E-state index contributed by atoms with van der Waals surface area (Å²) in [6.07, 6.45) is 3.38. The minimum Gasteiger partial charge on any atom is -0.465 e. The summed E-state index contributed by atoms with van der Waals surface area (Å²) in [6.45, 7) is 5.34. The van der Waals surface area contributed by atoms with Crippen molar-refractivity contribution in [2.45, 2.75) is 38.6 Å². The first-order valence-corrected chi connectivity index (χ1v) is 7.33. The van der Waals surface area contributed by atoms with E-state index in [4.69, 9.17) is 10.5 Å². The van der Waals surface area contributed by atoms with Crippen LogP contribution in [-0.2, 0) is 16.0 Å². The topological polar surface area (TPSA) is 55.6 Å². The Balaban J connectivity index is 2.18. The number of anilines is 1. The molecule has 0 aliphatic carbocycles. The summed E-state index contributed by atoms with van der Waals surface area (Å²) in [5.41, 5.74) is 7.73. The molecule has 1 aromatic rings. The van der Waals surface area contributed by atoms with Gasteiger partial charge in [-0.1, -0.05) is 18.2 Å². The molecule has 2 rings (SSSR count). The third-order valence-electron chi connectivity index (χ3n) is 3.72. The number of fused-ring (bicyclic) bond motifs is 1. The number of carbonyl (C=O) groups is 1. The van der Waals surface area contributed by atoms with Gasteiger partial charge in [-0.05, 0) is 44.7 Å². The molecule has 1 aromatic carbocycles. The number of para-hydroxylation sites is 1. The number of aryl methyl sites for hydroxylation is 1. The summed E-state index contributed by atoms with van der Waals surface area (Å²) >= 11 is 0. The lowest BCUT2D eigenvalue weighted by Gasteiger charge is -2.32. The minimum atomic E-state index is -0.979. The van der Waals surface area contributed by atoms with Gasteiger partial charge in [0.2, 0.25) is 0 Å². The van der Waals surface area contributed by atoms with Gasteiger partial charge in [0.25, 0.3) is 0 Å². The van der Waals surface area contributed by atoms with Crippen LogP contribution in [0.2, 0.25) is 0 Å². The number of hydrogen-bond acceptors (Lipinski definition) is 4. The number of rotatable bonds is 4. The van der Waals surface area contributed by atoms with Gasteiger partial charge in [-0.25, -0.2) is 4.79 Å². The molecule has 0 bridgehead atoms. The van der Waals surface area contributed by atoms with Gasteiger partial charge in [0, 0.05) is 18.8 Å². The fraction of sp³-hybridized carbons (Fsp3) is 0.562. The fourth-order valence-corrected chi connectivity index (χ4v) is 2.69. The Bertz CT molecular complexity index is 471. The number of ether oxygens (including phenoxy) is 1. The van der Waals surface area contributed by atoms with Crippen molar-refractivity contribution in [2.24, 2.45) is 5.73 Å². The van der Waals surface area contributed by atoms with E-state index in [1.807, 2.05) is 6.07 Å². The van der Waals surface area contributed by atoms with Crippen molar-refractivity contribution in [1.29, 1.82) is 0 Å². The highest BCUT2D eigenvalue weighted by Crippen LogP contribution is 2.27. The SMILES string of the molecule is CCOC(=O)C(C)(N)CN1CCCCc2ccccc21.